The Hall–Kier alpha value is -2.48. The van der Waals surface area contributed by atoms with E-state index in [-0.39, 0.29) is 5.91 Å². The van der Waals surface area contributed by atoms with Gasteiger partial charge in [0.15, 0.2) is 0 Å². The second kappa shape index (κ2) is 6.45. The van der Waals surface area contributed by atoms with Crippen molar-refractivity contribution < 1.29 is 4.79 Å². The number of hydrogen-bond acceptors (Lipinski definition) is 6. The number of anilines is 1. The van der Waals surface area contributed by atoms with Gasteiger partial charge in [-0.15, -0.1) is 0 Å². The summed E-state index contributed by atoms with van der Waals surface area (Å²) >= 11 is 0. The average molecular weight is 261 g/mol. The largest absolute Gasteiger partial charge is 0.352 e. The highest BCUT2D eigenvalue weighted by molar-refractivity contribution is 5.99. The van der Waals surface area contributed by atoms with Gasteiger partial charge >= 0.3 is 0 Å². The number of nitrogens with two attached hydrogens (primary N) is 1. The monoisotopic (exact) mass is 261 g/mol. The molecule has 2 aromatic rings. The number of nitrogens with zero attached hydrogens (tertiary/aromatic N) is 3. The summed E-state index contributed by atoms with van der Waals surface area (Å²) in [6.07, 6.45) is 6.00. The molecule has 0 aliphatic rings. The van der Waals surface area contributed by atoms with E-state index < -0.39 is 0 Å². The molecule has 0 aliphatic heterocycles. The van der Waals surface area contributed by atoms with Crippen molar-refractivity contribution >= 4 is 11.6 Å². The van der Waals surface area contributed by atoms with Gasteiger partial charge in [-0.05, 0) is 12.5 Å². The van der Waals surface area contributed by atoms with E-state index >= 15 is 0 Å². The number of nitrogen functional groups attached to an aromatic ring is 1. The summed E-state index contributed by atoms with van der Waals surface area (Å²) in [5.74, 6) is 5.93. The zero-order chi connectivity index (χ0) is 13.5. The van der Waals surface area contributed by atoms with E-state index in [4.69, 9.17) is 5.84 Å². The standard InChI is InChI=1S/C11H15N7O/c12-17-9-3-5-13-6-8(9)11(19)14-4-1-2-10-15-7-16-18-10/h3,5-7H,1-2,4,12H2,(H,13,17)(H,14,19)(H,15,16,18). The Kier molecular flexibility index (Phi) is 4.40. The van der Waals surface area contributed by atoms with Gasteiger partial charge in [-0.25, -0.2) is 4.98 Å². The van der Waals surface area contributed by atoms with Gasteiger partial charge in [0.2, 0.25) is 0 Å². The highest BCUT2D eigenvalue weighted by Crippen LogP contribution is 2.11. The van der Waals surface area contributed by atoms with E-state index in [2.05, 4.69) is 30.9 Å². The van der Waals surface area contributed by atoms with Crippen LogP contribution >= 0.6 is 0 Å². The van der Waals surface area contributed by atoms with Gasteiger partial charge in [-0.1, -0.05) is 0 Å². The van der Waals surface area contributed by atoms with Crippen molar-refractivity contribution in [3.63, 3.8) is 0 Å². The van der Waals surface area contributed by atoms with Gasteiger partial charge in [-0.3, -0.25) is 20.7 Å². The number of amides is 1. The smallest absolute Gasteiger partial charge is 0.255 e. The molecule has 0 unspecified atom stereocenters. The Morgan fingerprint density at radius 3 is 3.11 bits per heavy atom. The number of hydrazine groups is 1. The second-order valence-corrected chi connectivity index (χ2v) is 3.86. The Bertz CT molecular complexity index is 526. The van der Waals surface area contributed by atoms with Gasteiger partial charge in [0, 0.05) is 25.4 Å². The molecule has 0 atom stereocenters. The molecule has 2 rings (SSSR count). The number of carbonyl (C=O) groups excluding carboxylic acids is 1. The maximum atomic E-state index is 11.9. The molecule has 0 aromatic carbocycles. The Labute approximate surface area is 109 Å². The van der Waals surface area contributed by atoms with E-state index in [1.165, 1.54) is 12.5 Å². The highest BCUT2D eigenvalue weighted by atomic mass is 16.1. The third-order valence-corrected chi connectivity index (χ3v) is 2.56. The molecule has 8 heteroatoms. The maximum Gasteiger partial charge on any atom is 0.255 e. The summed E-state index contributed by atoms with van der Waals surface area (Å²) in [7, 11) is 0. The van der Waals surface area contributed by atoms with Crippen molar-refractivity contribution in [1.82, 2.24) is 25.5 Å². The van der Waals surface area contributed by atoms with Crippen LogP contribution in [0.1, 0.15) is 22.6 Å². The van der Waals surface area contributed by atoms with Crippen LogP contribution in [0.4, 0.5) is 5.69 Å². The number of H-pyrrole nitrogens is 1. The van der Waals surface area contributed by atoms with Crippen LogP contribution in [0.5, 0.6) is 0 Å². The minimum Gasteiger partial charge on any atom is -0.352 e. The molecular formula is C11H15N7O. The number of aromatic amines is 1. The van der Waals surface area contributed by atoms with Crippen molar-refractivity contribution in [3.05, 3.63) is 36.2 Å². The summed E-state index contributed by atoms with van der Waals surface area (Å²) in [6.45, 7) is 0.540. The van der Waals surface area contributed by atoms with Crippen molar-refractivity contribution in [2.24, 2.45) is 5.84 Å². The van der Waals surface area contributed by atoms with Gasteiger partial charge in [0.05, 0.1) is 11.3 Å². The first-order valence-electron chi connectivity index (χ1n) is 5.84. The summed E-state index contributed by atoms with van der Waals surface area (Å²) in [5.41, 5.74) is 3.43. The molecule has 5 N–H and O–H groups in total. The molecule has 8 nitrogen and oxygen atoms in total. The SMILES string of the molecule is NNc1ccncc1C(=O)NCCCc1ncn[nH]1. The minimum absolute atomic E-state index is 0.210. The number of pyridine rings is 1. The van der Waals surface area contributed by atoms with Gasteiger partial charge < -0.3 is 10.7 Å². The Morgan fingerprint density at radius 2 is 2.37 bits per heavy atom. The van der Waals surface area contributed by atoms with Crippen LogP contribution in [0.15, 0.2) is 24.8 Å². The number of hydrogen-bond donors (Lipinski definition) is 4. The zero-order valence-corrected chi connectivity index (χ0v) is 10.3. The predicted molar refractivity (Wildman–Crippen MR) is 69.1 cm³/mol. The van der Waals surface area contributed by atoms with Crippen molar-refractivity contribution in [3.8, 4) is 0 Å². The minimum atomic E-state index is -0.210. The average Bonchev–Trinajstić information content (AvgIpc) is 2.96. The van der Waals surface area contributed by atoms with Crippen molar-refractivity contribution in [1.29, 1.82) is 0 Å². The number of nitrogens with one attached hydrogen (secondary N) is 3. The van der Waals surface area contributed by atoms with Gasteiger partial charge in [-0.2, -0.15) is 5.10 Å². The summed E-state index contributed by atoms with van der Waals surface area (Å²) in [4.78, 5) is 19.8. The maximum absolute atomic E-state index is 11.9. The highest BCUT2D eigenvalue weighted by Gasteiger charge is 2.10. The molecule has 0 spiro atoms. The predicted octanol–water partition coefficient (Wildman–Crippen LogP) is -0.152. The Morgan fingerprint density at radius 1 is 1.47 bits per heavy atom. The zero-order valence-electron chi connectivity index (χ0n) is 10.3. The molecule has 0 fully saturated rings. The number of aromatic nitrogens is 4. The number of rotatable bonds is 6. The molecule has 1 amide bonds. The van der Waals surface area contributed by atoms with Gasteiger partial charge in [0.25, 0.3) is 5.91 Å². The van der Waals surface area contributed by atoms with Crippen LogP contribution in [0, 0.1) is 0 Å². The molecule has 100 valence electrons. The fourth-order valence-corrected chi connectivity index (χ4v) is 1.61. The first-order valence-corrected chi connectivity index (χ1v) is 5.84. The lowest BCUT2D eigenvalue weighted by atomic mass is 10.2. The first kappa shape index (κ1) is 13.0. The molecule has 0 saturated carbocycles. The molecule has 0 saturated heterocycles. The van der Waals surface area contributed by atoms with E-state index in [0.29, 0.717) is 17.8 Å². The molecule has 0 radical (unpaired) electrons. The molecule has 19 heavy (non-hydrogen) atoms. The first-order chi connectivity index (χ1) is 9.31. The molecule has 2 heterocycles. The summed E-state index contributed by atoms with van der Waals surface area (Å²) in [5, 5.41) is 9.32. The lowest BCUT2D eigenvalue weighted by Crippen LogP contribution is -2.26. The normalized spacial score (nSPS) is 10.2. The quantitative estimate of drug-likeness (QED) is 0.326. The van der Waals surface area contributed by atoms with Crippen LogP contribution in [-0.4, -0.2) is 32.6 Å². The van der Waals surface area contributed by atoms with Crippen LogP contribution < -0.4 is 16.6 Å². The van der Waals surface area contributed by atoms with E-state index in [0.717, 1.165) is 18.7 Å². The van der Waals surface area contributed by atoms with Crippen LogP contribution in [0.2, 0.25) is 0 Å². The molecule has 2 aromatic heterocycles. The number of aryl methyl sites for hydroxylation is 1. The molecular weight excluding hydrogens is 246 g/mol. The van der Waals surface area contributed by atoms with Crippen LogP contribution in [0.3, 0.4) is 0 Å². The Balaban J connectivity index is 1.81. The molecule has 0 aliphatic carbocycles. The van der Waals surface area contributed by atoms with Crippen LogP contribution in [-0.2, 0) is 6.42 Å². The molecule has 0 bridgehead atoms. The lowest BCUT2D eigenvalue weighted by molar-refractivity contribution is 0.0953. The number of carbonyl (C=O) groups is 1. The van der Waals surface area contributed by atoms with E-state index in [9.17, 15) is 4.79 Å². The van der Waals surface area contributed by atoms with Crippen molar-refractivity contribution in [2.75, 3.05) is 12.0 Å². The lowest BCUT2D eigenvalue weighted by Gasteiger charge is -2.08. The van der Waals surface area contributed by atoms with E-state index in [1.54, 1.807) is 12.3 Å². The second-order valence-electron chi connectivity index (χ2n) is 3.86. The fraction of sp³-hybridized carbons (Fsp3) is 0.273. The third-order valence-electron chi connectivity index (χ3n) is 2.56. The summed E-state index contributed by atoms with van der Waals surface area (Å²) < 4.78 is 0. The van der Waals surface area contributed by atoms with Gasteiger partial charge in [0.1, 0.15) is 12.2 Å². The topological polar surface area (TPSA) is 122 Å². The third kappa shape index (κ3) is 3.49. The van der Waals surface area contributed by atoms with Crippen molar-refractivity contribution in [2.45, 2.75) is 12.8 Å². The van der Waals surface area contributed by atoms with E-state index in [1.807, 2.05) is 0 Å². The van der Waals surface area contributed by atoms with Crippen LogP contribution in [0.25, 0.3) is 0 Å². The summed E-state index contributed by atoms with van der Waals surface area (Å²) in [6, 6.07) is 1.64. The fourth-order valence-electron chi connectivity index (χ4n) is 1.61.